The van der Waals surface area contributed by atoms with Crippen LogP contribution in [0, 0.1) is 0 Å². The Morgan fingerprint density at radius 3 is 2.86 bits per heavy atom. The van der Waals surface area contributed by atoms with Crippen LogP contribution >= 0.6 is 11.6 Å². The van der Waals surface area contributed by atoms with Gasteiger partial charge >= 0.3 is 0 Å². The van der Waals surface area contributed by atoms with E-state index < -0.39 is 0 Å². The quantitative estimate of drug-likeness (QED) is 0.652. The Balaban J connectivity index is 2.63. The molecule has 1 aromatic heterocycles. The first kappa shape index (κ1) is 9.78. The molecule has 0 atom stereocenters. The second-order valence-electron chi connectivity index (χ2n) is 3.85. The van der Waals surface area contributed by atoms with Crippen molar-refractivity contribution in [3.05, 3.63) is 33.2 Å². The summed E-state index contributed by atoms with van der Waals surface area (Å²) < 4.78 is 1.77. The van der Waals surface area contributed by atoms with Crippen molar-refractivity contribution in [2.45, 2.75) is 31.6 Å². The van der Waals surface area contributed by atoms with Gasteiger partial charge in [-0.25, -0.2) is 0 Å². The van der Waals surface area contributed by atoms with Gasteiger partial charge in [-0.15, -0.1) is 11.6 Å². The van der Waals surface area contributed by atoms with Crippen molar-refractivity contribution < 1.29 is 0 Å². The van der Waals surface area contributed by atoms with E-state index in [-0.39, 0.29) is 5.56 Å². The summed E-state index contributed by atoms with van der Waals surface area (Å²) in [5, 5.41) is 0. The molecule has 76 valence electrons. The van der Waals surface area contributed by atoms with Crippen LogP contribution in [0.3, 0.4) is 0 Å². The number of hydrogen-bond donors (Lipinski definition) is 0. The van der Waals surface area contributed by atoms with Gasteiger partial charge in [-0.05, 0) is 37.3 Å². The number of alkyl halides is 1. The molecule has 0 spiro atoms. The van der Waals surface area contributed by atoms with E-state index in [0.29, 0.717) is 5.88 Å². The summed E-state index contributed by atoms with van der Waals surface area (Å²) in [6.45, 7) is 0. The van der Waals surface area contributed by atoms with Gasteiger partial charge in [0.1, 0.15) is 0 Å². The Hall–Kier alpha value is -0.760. The van der Waals surface area contributed by atoms with Gasteiger partial charge in [-0.3, -0.25) is 4.79 Å². The van der Waals surface area contributed by atoms with E-state index in [1.807, 2.05) is 13.1 Å². The average Bonchev–Trinajstić information content (AvgIpc) is 2.23. The van der Waals surface area contributed by atoms with E-state index in [4.69, 9.17) is 11.6 Å². The summed E-state index contributed by atoms with van der Waals surface area (Å²) in [5.74, 6) is 0.319. The fourth-order valence-corrected chi connectivity index (χ4v) is 2.35. The lowest BCUT2D eigenvalue weighted by atomic mass is 9.95. The second-order valence-corrected chi connectivity index (χ2v) is 4.11. The van der Waals surface area contributed by atoms with Crippen molar-refractivity contribution >= 4 is 11.6 Å². The van der Waals surface area contributed by atoms with E-state index in [0.717, 1.165) is 18.4 Å². The number of nitrogens with zero attached hydrogens (tertiary/aromatic N) is 1. The number of pyridine rings is 1. The lowest BCUT2D eigenvalue weighted by Crippen LogP contribution is -2.26. The summed E-state index contributed by atoms with van der Waals surface area (Å²) in [6, 6.07) is 1.99. The molecular formula is C11H14ClNO. The first-order valence-corrected chi connectivity index (χ1v) is 5.54. The van der Waals surface area contributed by atoms with Gasteiger partial charge in [0, 0.05) is 18.3 Å². The highest BCUT2D eigenvalue weighted by atomic mass is 35.5. The van der Waals surface area contributed by atoms with E-state index in [2.05, 4.69) is 0 Å². The molecule has 0 fully saturated rings. The predicted molar refractivity (Wildman–Crippen MR) is 57.9 cm³/mol. The highest BCUT2D eigenvalue weighted by molar-refractivity contribution is 6.17. The first-order valence-electron chi connectivity index (χ1n) is 5.00. The van der Waals surface area contributed by atoms with E-state index in [9.17, 15) is 4.79 Å². The Morgan fingerprint density at radius 1 is 1.43 bits per heavy atom. The minimum absolute atomic E-state index is 0.0700. The summed E-state index contributed by atoms with van der Waals surface area (Å²) in [7, 11) is 1.85. The van der Waals surface area contributed by atoms with E-state index in [1.165, 1.54) is 24.1 Å². The monoisotopic (exact) mass is 211 g/mol. The minimum Gasteiger partial charge on any atom is -0.315 e. The standard InChI is InChI=1S/C11H14ClNO/c1-13-10-5-3-2-4-8(10)6-9(7-12)11(13)14/h6H,2-5,7H2,1H3. The Kier molecular flexibility index (Phi) is 2.64. The first-order chi connectivity index (χ1) is 6.74. The zero-order valence-corrected chi connectivity index (χ0v) is 9.10. The fraction of sp³-hybridized carbons (Fsp3) is 0.545. The van der Waals surface area contributed by atoms with E-state index in [1.54, 1.807) is 4.57 Å². The van der Waals surface area contributed by atoms with Crippen molar-refractivity contribution in [3.8, 4) is 0 Å². The van der Waals surface area contributed by atoms with Crippen LogP contribution in [0.1, 0.15) is 29.7 Å². The lowest BCUT2D eigenvalue weighted by molar-refractivity contribution is 0.620. The van der Waals surface area contributed by atoms with Gasteiger partial charge in [0.25, 0.3) is 5.56 Å². The molecule has 0 saturated heterocycles. The van der Waals surface area contributed by atoms with Crippen molar-refractivity contribution in [2.24, 2.45) is 7.05 Å². The number of rotatable bonds is 1. The largest absolute Gasteiger partial charge is 0.315 e. The average molecular weight is 212 g/mol. The molecule has 0 N–H and O–H groups in total. The molecule has 1 aliphatic rings. The third kappa shape index (κ3) is 1.48. The zero-order valence-electron chi connectivity index (χ0n) is 8.35. The van der Waals surface area contributed by atoms with Crippen molar-refractivity contribution in [1.82, 2.24) is 4.57 Å². The van der Waals surface area contributed by atoms with Crippen molar-refractivity contribution in [2.75, 3.05) is 0 Å². The molecule has 0 amide bonds. The third-order valence-electron chi connectivity index (χ3n) is 2.96. The maximum Gasteiger partial charge on any atom is 0.254 e. The molecule has 0 saturated carbocycles. The van der Waals surface area contributed by atoms with Crippen LogP contribution in [0.25, 0.3) is 0 Å². The van der Waals surface area contributed by atoms with Crippen LogP contribution in [0.15, 0.2) is 10.9 Å². The van der Waals surface area contributed by atoms with Gasteiger partial charge in [0.15, 0.2) is 0 Å². The van der Waals surface area contributed by atoms with Crippen LogP contribution in [0.2, 0.25) is 0 Å². The molecule has 1 heterocycles. The van der Waals surface area contributed by atoms with Gasteiger partial charge in [-0.1, -0.05) is 0 Å². The Labute approximate surface area is 88.5 Å². The maximum atomic E-state index is 11.8. The van der Waals surface area contributed by atoms with Crippen molar-refractivity contribution in [1.29, 1.82) is 0 Å². The molecule has 0 unspecified atom stereocenters. The molecule has 0 aromatic carbocycles. The molecule has 1 aromatic rings. The summed E-state index contributed by atoms with van der Waals surface area (Å²) >= 11 is 5.73. The molecule has 3 heteroatoms. The Morgan fingerprint density at radius 2 is 2.14 bits per heavy atom. The van der Waals surface area contributed by atoms with Gasteiger partial charge in [-0.2, -0.15) is 0 Å². The fourth-order valence-electron chi connectivity index (χ4n) is 2.16. The highest BCUT2D eigenvalue weighted by Crippen LogP contribution is 2.20. The van der Waals surface area contributed by atoms with Gasteiger partial charge < -0.3 is 4.57 Å². The van der Waals surface area contributed by atoms with Gasteiger partial charge in [0.05, 0.1) is 5.88 Å². The Bertz CT molecular complexity index is 408. The third-order valence-corrected chi connectivity index (χ3v) is 3.24. The number of aromatic nitrogens is 1. The summed E-state index contributed by atoms with van der Waals surface area (Å²) in [4.78, 5) is 11.8. The van der Waals surface area contributed by atoms with Crippen LogP contribution in [0.5, 0.6) is 0 Å². The SMILES string of the molecule is Cn1c2c(cc(CCl)c1=O)CCCC2. The smallest absolute Gasteiger partial charge is 0.254 e. The lowest BCUT2D eigenvalue weighted by Gasteiger charge is -2.19. The molecule has 1 aliphatic carbocycles. The number of halogens is 1. The molecular weight excluding hydrogens is 198 g/mol. The number of hydrogen-bond acceptors (Lipinski definition) is 1. The topological polar surface area (TPSA) is 22.0 Å². The normalized spacial score (nSPS) is 15.3. The number of aryl methyl sites for hydroxylation is 1. The molecule has 0 aliphatic heterocycles. The summed E-state index contributed by atoms with van der Waals surface area (Å²) in [6.07, 6.45) is 4.55. The van der Waals surface area contributed by atoms with Crippen LogP contribution in [-0.4, -0.2) is 4.57 Å². The summed E-state index contributed by atoms with van der Waals surface area (Å²) in [5.41, 5.74) is 3.32. The molecule has 0 radical (unpaired) electrons. The molecule has 2 rings (SSSR count). The van der Waals surface area contributed by atoms with Crippen molar-refractivity contribution in [3.63, 3.8) is 0 Å². The molecule has 0 bridgehead atoms. The highest BCUT2D eigenvalue weighted by Gasteiger charge is 2.14. The molecule has 14 heavy (non-hydrogen) atoms. The second kappa shape index (κ2) is 3.77. The van der Waals surface area contributed by atoms with Crippen LogP contribution in [0.4, 0.5) is 0 Å². The van der Waals surface area contributed by atoms with Gasteiger partial charge in [0.2, 0.25) is 0 Å². The zero-order chi connectivity index (χ0) is 10.1. The molecule has 2 nitrogen and oxygen atoms in total. The number of fused-ring (bicyclic) bond motifs is 1. The predicted octanol–water partition coefficient (Wildman–Crippen LogP) is 2.00. The van der Waals surface area contributed by atoms with Crippen LogP contribution < -0.4 is 5.56 Å². The maximum absolute atomic E-state index is 11.8. The minimum atomic E-state index is 0.0700. The van der Waals surface area contributed by atoms with E-state index >= 15 is 0 Å². The van der Waals surface area contributed by atoms with Crippen LogP contribution in [-0.2, 0) is 25.8 Å².